The first kappa shape index (κ1) is 38.4. The summed E-state index contributed by atoms with van der Waals surface area (Å²) >= 11 is 0. The van der Waals surface area contributed by atoms with Crippen LogP contribution in [0.4, 0.5) is 5.82 Å². The summed E-state index contributed by atoms with van der Waals surface area (Å²) < 4.78 is 7.69. The molecule has 0 unspecified atom stereocenters. The first-order valence-corrected chi connectivity index (χ1v) is 17.3. The molecule has 15 heteroatoms. The number of hydrogen-bond donors (Lipinski definition) is 6. The Hall–Kier alpha value is -4.83. The number of imidazole rings is 1. The zero-order valence-corrected chi connectivity index (χ0v) is 30.0. The molecule has 0 radical (unpaired) electrons. The average Bonchev–Trinajstić information content (AvgIpc) is 3.65. The van der Waals surface area contributed by atoms with Crippen molar-refractivity contribution in [1.82, 2.24) is 30.2 Å². The van der Waals surface area contributed by atoms with E-state index in [-0.39, 0.29) is 53.7 Å². The number of nitrogens with one attached hydrogen (secondary N) is 2. The maximum absolute atomic E-state index is 13.3. The zero-order valence-electron chi connectivity index (χ0n) is 30.0. The highest BCUT2D eigenvalue weighted by Crippen LogP contribution is 2.39. The van der Waals surface area contributed by atoms with Gasteiger partial charge >= 0.3 is 5.97 Å². The van der Waals surface area contributed by atoms with Crippen LogP contribution in [0.15, 0.2) is 65.3 Å². The van der Waals surface area contributed by atoms with Crippen LogP contribution in [0.5, 0.6) is 0 Å². The molecule has 1 aliphatic carbocycles. The second-order valence-electron chi connectivity index (χ2n) is 14.4. The van der Waals surface area contributed by atoms with Crippen LogP contribution in [0.25, 0.3) is 11.2 Å². The van der Waals surface area contributed by atoms with Crippen LogP contribution in [-0.4, -0.2) is 89.2 Å². The van der Waals surface area contributed by atoms with Crippen LogP contribution in [0.3, 0.4) is 0 Å². The van der Waals surface area contributed by atoms with Crippen LogP contribution in [0, 0.1) is 11.3 Å². The first-order valence-electron chi connectivity index (χ1n) is 17.3. The quantitative estimate of drug-likeness (QED) is 0.124. The SMILES string of the molecule is CC1=C(C)C(=O)C(C(C)(C)CC(=O)N[C@@H](CC[C@H](CNCc2ccccc2)C[C@H]2O[C@@H](n3cnc4c(N)ncnc43)[C@@H](O)[C@H]2O)C(=O)O)=C(C)C1=O. The van der Waals surface area contributed by atoms with Gasteiger partial charge in [0.05, 0.1) is 12.4 Å². The number of fused-ring (bicyclic) bond motifs is 1. The van der Waals surface area contributed by atoms with E-state index in [0.29, 0.717) is 41.8 Å². The molecule has 0 saturated carbocycles. The molecule has 7 N–H and O–H groups in total. The second-order valence-corrected chi connectivity index (χ2v) is 14.4. The van der Waals surface area contributed by atoms with Crippen molar-refractivity contribution >= 4 is 40.4 Å². The Kier molecular flexibility index (Phi) is 11.7. The number of rotatable bonds is 15. The van der Waals surface area contributed by atoms with Crippen LogP contribution in [0.1, 0.15) is 72.1 Å². The predicted octanol–water partition coefficient (Wildman–Crippen LogP) is 2.39. The van der Waals surface area contributed by atoms with Gasteiger partial charge in [-0.1, -0.05) is 44.2 Å². The maximum Gasteiger partial charge on any atom is 0.326 e. The number of carboxylic acids is 1. The Bertz CT molecular complexity index is 1900. The maximum atomic E-state index is 13.3. The molecule has 0 spiro atoms. The van der Waals surface area contributed by atoms with E-state index in [2.05, 4.69) is 25.6 Å². The largest absolute Gasteiger partial charge is 0.480 e. The molecular weight excluding hydrogens is 670 g/mol. The van der Waals surface area contributed by atoms with Crippen molar-refractivity contribution in [1.29, 1.82) is 0 Å². The number of aliphatic carboxylic acids is 1. The minimum absolute atomic E-state index is 0.0521. The van der Waals surface area contributed by atoms with Crippen molar-refractivity contribution in [2.45, 2.75) is 97.4 Å². The minimum Gasteiger partial charge on any atom is -0.480 e. The lowest BCUT2D eigenvalue weighted by molar-refractivity contribution is -0.142. The van der Waals surface area contributed by atoms with E-state index in [9.17, 15) is 34.5 Å². The molecule has 15 nitrogen and oxygen atoms in total. The highest BCUT2D eigenvalue weighted by atomic mass is 16.6. The molecule has 52 heavy (non-hydrogen) atoms. The van der Waals surface area contributed by atoms with Gasteiger partial charge in [-0.2, -0.15) is 0 Å². The fourth-order valence-electron chi connectivity index (χ4n) is 7.16. The third-order valence-corrected chi connectivity index (χ3v) is 10.1. The molecule has 6 atom stereocenters. The summed E-state index contributed by atoms with van der Waals surface area (Å²) in [5.74, 6) is -2.43. The third-order valence-electron chi connectivity index (χ3n) is 10.1. The van der Waals surface area contributed by atoms with Crippen molar-refractivity contribution in [2.75, 3.05) is 12.3 Å². The second kappa shape index (κ2) is 15.8. The molecule has 3 heterocycles. The summed E-state index contributed by atoms with van der Waals surface area (Å²) in [5.41, 5.74) is 7.85. The average molecular weight is 718 g/mol. The molecule has 5 rings (SSSR count). The van der Waals surface area contributed by atoms with Gasteiger partial charge in [-0.05, 0) is 58.1 Å². The van der Waals surface area contributed by atoms with Crippen molar-refractivity contribution in [2.24, 2.45) is 11.3 Å². The number of ketones is 2. The number of allylic oxidation sites excluding steroid dienone is 4. The summed E-state index contributed by atoms with van der Waals surface area (Å²) in [6, 6.07) is 8.47. The van der Waals surface area contributed by atoms with Gasteiger partial charge in [0.15, 0.2) is 29.3 Å². The van der Waals surface area contributed by atoms with E-state index in [4.69, 9.17) is 10.5 Å². The van der Waals surface area contributed by atoms with Crippen LogP contribution < -0.4 is 16.4 Å². The number of amides is 1. The van der Waals surface area contributed by atoms with Crippen LogP contribution in [-0.2, 0) is 30.5 Å². The number of nitrogens with two attached hydrogens (primary N) is 1. The van der Waals surface area contributed by atoms with Gasteiger partial charge in [0.1, 0.15) is 30.1 Å². The lowest BCUT2D eigenvalue weighted by atomic mass is 9.71. The van der Waals surface area contributed by atoms with Crippen molar-refractivity contribution in [3.05, 3.63) is 70.8 Å². The third kappa shape index (κ3) is 8.12. The van der Waals surface area contributed by atoms with E-state index in [1.54, 1.807) is 34.6 Å². The number of aromatic nitrogens is 4. The smallest absolute Gasteiger partial charge is 0.326 e. The van der Waals surface area contributed by atoms with Gasteiger partial charge in [0.2, 0.25) is 5.91 Å². The van der Waals surface area contributed by atoms with E-state index < -0.39 is 47.9 Å². The number of carbonyl (C=O) groups is 4. The Morgan fingerprint density at radius 2 is 1.67 bits per heavy atom. The van der Waals surface area contributed by atoms with E-state index in [0.717, 1.165) is 5.56 Å². The number of benzene rings is 1. The van der Waals surface area contributed by atoms with Crippen LogP contribution in [0.2, 0.25) is 0 Å². The van der Waals surface area contributed by atoms with Crippen LogP contribution >= 0.6 is 0 Å². The molecule has 1 amide bonds. The summed E-state index contributed by atoms with van der Waals surface area (Å²) in [5, 5.41) is 38.3. The van der Waals surface area contributed by atoms with E-state index in [1.807, 2.05) is 30.3 Å². The number of Topliss-reactive ketones (excluding diaryl/α,β-unsaturated/α-hetero) is 2. The number of ether oxygens (including phenoxy) is 1. The summed E-state index contributed by atoms with van der Waals surface area (Å²) in [6.07, 6.45) is -1.34. The van der Waals surface area contributed by atoms with Crippen molar-refractivity contribution < 1.29 is 39.2 Å². The molecule has 278 valence electrons. The van der Waals surface area contributed by atoms with Crippen molar-refractivity contribution in [3.63, 3.8) is 0 Å². The van der Waals surface area contributed by atoms with Gasteiger partial charge in [0.25, 0.3) is 0 Å². The zero-order chi connectivity index (χ0) is 37.9. The van der Waals surface area contributed by atoms with Gasteiger partial charge < -0.3 is 36.4 Å². The Labute approximate surface area is 301 Å². The number of carbonyl (C=O) groups excluding carboxylic acids is 3. The highest BCUT2D eigenvalue weighted by molar-refractivity contribution is 6.25. The highest BCUT2D eigenvalue weighted by Gasteiger charge is 2.45. The number of aliphatic hydroxyl groups is 2. The molecule has 2 aliphatic rings. The fourth-order valence-corrected chi connectivity index (χ4v) is 7.16. The molecule has 3 aromatic rings. The topological polar surface area (TPSA) is 232 Å². The summed E-state index contributed by atoms with van der Waals surface area (Å²) in [4.78, 5) is 64.1. The Morgan fingerprint density at radius 1 is 0.981 bits per heavy atom. The molecular formula is C37H47N7O8. The molecule has 1 saturated heterocycles. The van der Waals surface area contributed by atoms with Gasteiger partial charge in [-0.15, -0.1) is 0 Å². The number of aliphatic hydroxyl groups excluding tert-OH is 2. The molecule has 1 aromatic carbocycles. The van der Waals surface area contributed by atoms with E-state index in [1.165, 1.54) is 17.2 Å². The molecule has 0 bridgehead atoms. The molecule has 1 aliphatic heterocycles. The number of anilines is 1. The Morgan fingerprint density at radius 3 is 2.37 bits per heavy atom. The number of nitrogens with zero attached hydrogens (tertiary/aromatic N) is 4. The van der Waals surface area contributed by atoms with Crippen molar-refractivity contribution in [3.8, 4) is 0 Å². The monoisotopic (exact) mass is 717 g/mol. The van der Waals surface area contributed by atoms with E-state index >= 15 is 0 Å². The number of carboxylic acid groups (broad SMARTS) is 1. The fraction of sp³-hybridized carbons (Fsp3) is 0.486. The van der Waals surface area contributed by atoms with Gasteiger partial charge in [0, 0.05) is 40.7 Å². The number of nitrogen functional groups attached to an aromatic ring is 1. The summed E-state index contributed by atoms with van der Waals surface area (Å²) in [6.45, 7) is 9.11. The summed E-state index contributed by atoms with van der Waals surface area (Å²) in [7, 11) is 0. The molecule has 2 aromatic heterocycles. The first-order chi connectivity index (χ1) is 24.6. The standard InChI is InChI=1S/C37H47N7O8/c1-19-20(2)30(47)27(21(3)29(19)46)37(4,5)14-26(45)43-24(36(50)51)12-11-23(16-39-15-22-9-7-6-8-10-22)13-25-31(48)32(49)35(52-25)44-18-42-28-33(38)40-17-41-34(28)44/h6-10,17-18,23-25,31-32,35,39,48-49H,11-16H2,1-5H3,(H,43,45)(H,50,51)(H2,38,40,41)/t23-,24-,25+,31-,32-,35+/m0/s1. The normalized spacial score (nSPS) is 22.3. The lowest BCUT2D eigenvalue weighted by Gasteiger charge is -2.32. The molecule has 1 fully saturated rings. The minimum atomic E-state index is -1.32. The number of hydrogen-bond acceptors (Lipinski definition) is 12. The lowest BCUT2D eigenvalue weighted by Crippen LogP contribution is -2.43. The Balaban J connectivity index is 1.27. The predicted molar refractivity (Wildman–Crippen MR) is 190 cm³/mol. The van der Waals surface area contributed by atoms with Gasteiger partial charge in [-0.3, -0.25) is 19.0 Å². The van der Waals surface area contributed by atoms with Gasteiger partial charge in [-0.25, -0.2) is 19.7 Å².